The highest BCUT2D eigenvalue weighted by Crippen LogP contribution is 2.29. The molecule has 1 aliphatic heterocycles. The van der Waals surface area contributed by atoms with Crippen LogP contribution < -0.4 is 10.2 Å². The van der Waals surface area contributed by atoms with Gasteiger partial charge < -0.3 is 10.2 Å². The Morgan fingerprint density at radius 1 is 1.29 bits per heavy atom. The van der Waals surface area contributed by atoms with Crippen molar-refractivity contribution in [1.29, 1.82) is 0 Å². The second kappa shape index (κ2) is 6.52. The minimum atomic E-state index is -0.838. The van der Waals surface area contributed by atoms with E-state index < -0.39 is 5.54 Å². The number of hydrogen-bond acceptors (Lipinski definition) is 3. The van der Waals surface area contributed by atoms with Gasteiger partial charge in [0.1, 0.15) is 5.54 Å². The number of amides is 2. The summed E-state index contributed by atoms with van der Waals surface area (Å²) in [6.07, 6.45) is 3.54. The molecule has 1 atom stereocenters. The Morgan fingerprint density at radius 2 is 2.00 bits per heavy atom. The Kier molecular flexibility index (Phi) is 4.93. The maximum atomic E-state index is 12.9. The van der Waals surface area contributed by atoms with Gasteiger partial charge in [-0.1, -0.05) is 19.1 Å². The van der Waals surface area contributed by atoms with E-state index in [0.29, 0.717) is 18.5 Å². The van der Waals surface area contributed by atoms with E-state index in [-0.39, 0.29) is 11.8 Å². The summed E-state index contributed by atoms with van der Waals surface area (Å²) in [5.41, 5.74) is 0.459. The summed E-state index contributed by atoms with van der Waals surface area (Å²) >= 11 is 1.76. The van der Waals surface area contributed by atoms with Crippen molar-refractivity contribution >= 4 is 29.3 Å². The zero-order valence-corrected chi connectivity index (χ0v) is 13.6. The van der Waals surface area contributed by atoms with E-state index in [2.05, 4.69) is 11.6 Å². The molecule has 2 rings (SSSR count). The highest BCUT2D eigenvalue weighted by atomic mass is 32.2. The van der Waals surface area contributed by atoms with Crippen LogP contribution in [0.4, 0.5) is 5.69 Å². The number of hydrogen-bond donors (Lipinski definition) is 1. The monoisotopic (exact) mass is 306 g/mol. The first kappa shape index (κ1) is 15.9. The number of carbonyl (C=O) groups excluding carboxylic acids is 2. The third-order valence-electron chi connectivity index (χ3n) is 3.98. The molecule has 5 heteroatoms. The van der Waals surface area contributed by atoms with Gasteiger partial charge in [-0.3, -0.25) is 9.59 Å². The van der Waals surface area contributed by atoms with Crippen molar-refractivity contribution in [1.82, 2.24) is 5.32 Å². The third-order valence-corrected chi connectivity index (χ3v) is 4.68. The average Bonchev–Trinajstić information content (AvgIpc) is 2.57. The molecule has 21 heavy (non-hydrogen) atoms. The lowest BCUT2D eigenvalue weighted by atomic mass is 9.97. The number of benzene rings is 1. The van der Waals surface area contributed by atoms with E-state index in [4.69, 9.17) is 0 Å². The summed E-state index contributed by atoms with van der Waals surface area (Å²) in [4.78, 5) is 27.1. The summed E-state index contributed by atoms with van der Waals surface area (Å²) in [5, 5.41) is 2.90. The topological polar surface area (TPSA) is 49.4 Å². The number of fused-ring (bicyclic) bond motifs is 1. The maximum Gasteiger partial charge on any atom is 0.254 e. The molecule has 0 fully saturated rings. The van der Waals surface area contributed by atoms with Gasteiger partial charge in [-0.15, -0.1) is 0 Å². The van der Waals surface area contributed by atoms with Gasteiger partial charge in [0.05, 0.1) is 11.3 Å². The zero-order chi connectivity index (χ0) is 15.5. The van der Waals surface area contributed by atoms with Gasteiger partial charge >= 0.3 is 0 Å². The number of para-hydroxylation sites is 1. The number of rotatable bonds is 5. The summed E-state index contributed by atoms with van der Waals surface area (Å²) in [5.74, 6) is 0.802. The van der Waals surface area contributed by atoms with E-state index in [1.807, 2.05) is 25.1 Å². The first-order valence-electron chi connectivity index (χ1n) is 7.26. The van der Waals surface area contributed by atoms with Gasteiger partial charge in [0.2, 0.25) is 0 Å². The average molecular weight is 306 g/mol. The van der Waals surface area contributed by atoms with Crippen LogP contribution in [0, 0.1) is 0 Å². The molecule has 1 unspecified atom stereocenters. The predicted octanol–water partition coefficient (Wildman–Crippen LogP) is 2.68. The van der Waals surface area contributed by atoms with Crippen LogP contribution in [-0.4, -0.2) is 35.9 Å². The molecular weight excluding hydrogens is 284 g/mol. The Labute approximate surface area is 130 Å². The van der Waals surface area contributed by atoms with Crippen molar-refractivity contribution < 1.29 is 9.59 Å². The van der Waals surface area contributed by atoms with Gasteiger partial charge in [-0.25, -0.2) is 0 Å². The Bertz CT molecular complexity index is 547. The minimum Gasteiger partial charge on any atom is -0.338 e. The van der Waals surface area contributed by atoms with Crippen LogP contribution >= 0.6 is 11.8 Å². The fourth-order valence-corrected chi connectivity index (χ4v) is 2.93. The highest BCUT2D eigenvalue weighted by Gasteiger charge is 2.41. The standard InChI is InChI=1S/C16H22N2O2S/c1-4-16(2)15(20)18(10-7-11-21-3)13-9-6-5-8-12(13)14(19)17-16/h5-6,8-9H,4,7,10-11H2,1-3H3,(H,17,19). The third kappa shape index (κ3) is 3.07. The second-order valence-corrected chi connectivity index (χ2v) is 6.45. The number of nitrogens with one attached hydrogen (secondary N) is 1. The van der Waals surface area contributed by atoms with Crippen molar-refractivity contribution in [2.24, 2.45) is 0 Å². The molecule has 0 bridgehead atoms. The van der Waals surface area contributed by atoms with Crippen LogP contribution in [0.15, 0.2) is 24.3 Å². The zero-order valence-electron chi connectivity index (χ0n) is 12.8. The molecule has 0 saturated carbocycles. The molecule has 1 aromatic carbocycles. The quantitative estimate of drug-likeness (QED) is 0.851. The first-order valence-corrected chi connectivity index (χ1v) is 8.65. The fraction of sp³-hybridized carbons (Fsp3) is 0.500. The molecule has 0 spiro atoms. The SMILES string of the molecule is CCC1(C)NC(=O)c2ccccc2N(CCCSC)C1=O. The van der Waals surface area contributed by atoms with E-state index in [1.54, 1.807) is 29.7 Å². The number of thioether (sulfide) groups is 1. The largest absolute Gasteiger partial charge is 0.338 e. The normalized spacial score (nSPS) is 21.8. The second-order valence-electron chi connectivity index (χ2n) is 5.46. The van der Waals surface area contributed by atoms with Crippen LogP contribution in [0.1, 0.15) is 37.0 Å². The molecule has 1 heterocycles. The summed E-state index contributed by atoms with van der Waals surface area (Å²) in [7, 11) is 0. The Hall–Kier alpha value is -1.49. The smallest absolute Gasteiger partial charge is 0.254 e. The lowest BCUT2D eigenvalue weighted by molar-refractivity contribution is -0.124. The molecule has 0 saturated heterocycles. The van der Waals surface area contributed by atoms with E-state index in [1.165, 1.54) is 0 Å². The van der Waals surface area contributed by atoms with E-state index >= 15 is 0 Å². The van der Waals surface area contributed by atoms with Gasteiger partial charge in [-0.05, 0) is 43.9 Å². The minimum absolute atomic E-state index is 0.0237. The molecule has 2 amide bonds. The van der Waals surface area contributed by atoms with E-state index in [9.17, 15) is 9.59 Å². The van der Waals surface area contributed by atoms with Crippen molar-refractivity contribution in [2.45, 2.75) is 32.2 Å². The summed E-state index contributed by atoms with van der Waals surface area (Å²) in [6, 6.07) is 7.33. The number of nitrogens with zero attached hydrogens (tertiary/aromatic N) is 1. The van der Waals surface area contributed by atoms with E-state index in [0.717, 1.165) is 17.9 Å². The Morgan fingerprint density at radius 3 is 2.67 bits per heavy atom. The lowest BCUT2D eigenvalue weighted by Crippen LogP contribution is -2.55. The molecule has 0 aliphatic carbocycles. The Balaban J connectivity index is 2.43. The molecule has 0 radical (unpaired) electrons. The molecule has 0 aromatic heterocycles. The van der Waals surface area contributed by atoms with Crippen molar-refractivity contribution in [3.05, 3.63) is 29.8 Å². The number of carbonyl (C=O) groups is 2. The molecule has 4 nitrogen and oxygen atoms in total. The van der Waals surface area contributed by atoms with Crippen LogP contribution in [0.25, 0.3) is 0 Å². The van der Waals surface area contributed by atoms with Crippen LogP contribution in [-0.2, 0) is 4.79 Å². The van der Waals surface area contributed by atoms with Crippen molar-refractivity contribution in [3.63, 3.8) is 0 Å². The summed E-state index contributed by atoms with van der Waals surface area (Å²) < 4.78 is 0. The molecule has 1 aromatic rings. The van der Waals surface area contributed by atoms with Crippen LogP contribution in [0.3, 0.4) is 0 Å². The van der Waals surface area contributed by atoms with Gasteiger partial charge in [0.25, 0.3) is 11.8 Å². The molecule has 1 aliphatic rings. The number of anilines is 1. The molecule has 114 valence electrons. The highest BCUT2D eigenvalue weighted by molar-refractivity contribution is 7.98. The van der Waals surface area contributed by atoms with Crippen LogP contribution in [0.5, 0.6) is 0 Å². The lowest BCUT2D eigenvalue weighted by Gasteiger charge is -2.31. The van der Waals surface area contributed by atoms with Crippen molar-refractivity contribution in [2.75, 3.05) is 23.5 Å². The first-order chi connectivity index (χ1) is 10.0. The van der Waals surface area contributed by atoms with Crippen molar-refractivity contribution in [3.8, 4) is 0 Å². The summed E-state index contributed by atoms with van der Waals surface area (Å²) in [6.45, 7) is 4.37. The van der Waals surface area contributed by atoms with Gasteiger partial charge in [0.15, 0.2) is 0 Å². The molecular formula is C16H22N2O2S. The predicted molar refractivity (Wildman–Crippen MR) is 88.0 cm³/mol. The fourth-order valence-electron chi connectivity index (χ4n) is 2.51. The maximum absolute atomic E-state index is 12.9. The van der Waals surface area contributed by atoms with Crippen LogP contribution in [0.2, 0.25) is 0 Å². The van der Waals surface area contributed by atoms with Gasteiger partial charge in [-0.2, -0.15) is 11.8 Å². The molecule has 1 N–H and O–H groups in total. The van der Waals surface area contributed by atoms with Gasteiger partial charge in [0, 0.05) is 6.54 Å².